The lowest BCUT2D eigenvalue weighted by Gasteiger charge is -2.20. The van der Waals surface area contributed by atoms with E-state index in [4.69, 9.17) is 34.3 Å². The molecule has 8 nitrogen and oxygen atoms in total. The van der Waals surface area contributed by atoms with Crippen LogP contribution >= 0.6 is 24.4 Å². The number of carbonyl (C=O) groups is 1. The molecule has 0 saturated heterocycles. The molecule has 1 heterocycles. The first-order chi connectivity index (χ1) is 14.4. The number of aromatic amines is 2. The Morgan fingerprint density at radius 1 is 1.27 bits per heavy atom. The fourth-order valence-electron chi connectivity index (χ4n) is 2.92. The van der Waals surface area contributed by atoms with E-state index in [1.807, 2.05) is 42.5 Å². The van der Waals surface area contributed by atoms with Crippen LogP contribution in [0.5, 0.6) is 5.75 Å². The van der Waals surface area contributed by atoms with Crippen LogP contribution in [0.1, 0.15) is 5.56 Å². The summed E-state index contributed by atoms with van der Waals surface area (Å²) in [5.74, 6) is -0.244. The number of likely N-dealkylation sites (N-methyl/N-ethyl adjacent to an activating group) is 1. The van der Waals surface area contributed by atoms with Gasteiger partial charge in [-0.25, -0.2) is 0 Å². The Morgan fingerprint density at radius 3 is 2.67 bits per heavy atom. The van der Waals surface area contributed by atoms with E-state index in [0.717, 1.165) is 22.6 Å². The largest absolute Gasteiger partial charge is 0.480 e. The summed E-state index contributed by atoms with van der Waals surface area (Å²) in [6.07, 6.45) is 1.69. The number of aromatic nitrogens is 3. The zero-order valence-electron chi connectivity index (χ0n) is 16.2. The zero-order valence-corrected chi connectivity index (χ0v) is 17.8. The topological polar surface area (TPSA) is 98.3 Å². The molecule has 0 bridgehead atoms. The summed E-state index contributed by atoms with van der Waals surface area (Å²) in [6.45, 7) is 3.95. The highest BCUT2D eigenvalue weighted by atomic mass is 32.1. The van der Waals surface area contributed by atoms with Gasteiger partial charge < -0.3 is 20.1 Å². The first kappa shape index (κ1) is 21.3. The van der Waals surface area contributed by atoms with Crippen molar-refractivity contribution in [3.8, 4) is 11.4 Å². The van der Waals surface area contributed by atoms with E-state index >= 15 is 0 Å². The molecule has 0 unspecified atom stereocenters. The van der Waals surface area contributed by atoms with Crippen molar-refractivity contribution in [2.24, 2.45) is 0 Å². The second kappa shape index (κ2) is 9.42. The molecule has 0 amide bonds. The predicted octanol–water partition coefficient (Wildman–Crippen LogP) is 4.20. The average Bonchev–Trinajstić information content (AvgIpc) is 3.05. The van der Waals surface area contributed by atoms with Crippen molar-refractivity contribution in [3.05, 3.63) is 64.1 Å². The number of hydrogen-bond acceptors (Lipinski definition) is 6. The number of nitrogens with one attached hydrogen (secondary N) is 3. The number of aliphatic carboxylic acids is 1. The highest BCUT2D eigenvalue weighted by Gasteiger charge is 2.10. The van der Waals surface area contributed by atoms with Crippen LogP contribution in [0, 0.1) is 9.54 Å². The van der Waals surface area contributed by atoms with Crippen molar-refractivity contribution in [1.82, 2.24) is 14.8 Å². The van der Waals surface area contributed by atoms with Crippen LogP contribution in [0.4, 0.5) is 11.4 Å². The van der Waals surface area contributed by atoms with Crippen molar-refractivity contribution in [1.29, 1.82) is 0 Å². The number of rotatable bonds is 9. The van der Waals surface area contributed by atoms with Crippen LogP contribution in [0.3, 0.4) is 0 Å². The molecular weight excluding hydrogens is 422 g/mol. The van der Waals surface area contributed by atoms with Crippen LogP contribution in [0.15, 0.2) is 49.0 Å². The van der Waals surface area contributed by atoms with Crippen molar-refractivity contribution in [2.75, 3.05) is 30.5 Å². The van der Waals surface area contributed by atoms with Crippen LogP contribution in [0.25, 0.3) is 11.8 Å². The molecule has 3 aromatic rings. The summed E-state index contributed by atoms with van der Waals surface area (Å²) >= 11 is 10.5. The van der Waals surface area contributed by atoms with Gasteiger partial charge in [0.2, 0.25) is 0 Å². The van der Waals surface area contributed by atoms with E-state index < -0.39 is 5.97 Å². The Labute approximate surface area is 183 Å². The number of carboxylic acids is 1. The number of H-pyrrole nitrogens is 2. The van der Waals surface area contributed by atoms with Gasteiger partial charge in [0.25, 0.3) is 0 Å². The van der Waals surface area contributed by atoms with Gasteiger partial charge in [0, 0.05) is 24.5 Å². The van der Waals surface area contributed by atoms with E-state index in [0.29, 0.717) is 15.3 Å². The van der Waals surface area contributed by atoms with Crippen molar-refractivity contribution in [3.63, 3.8) is 0 Å². The second-order valence-electron chi connectivity index (χ2n) is 6.39. The molecule has 156 valence electrons. The highest BCUT2D eigenvalue weighted by molar-refractivity contribution is 7.72. The normalized spacial score (nSPS) is 10.4. The van der Waals surface area contributed by atoms with Crippen LogP contribution in [0.2, 0.25) is 0 Å². The molecule has 0 radical (unpaired) electrons. The monoisotopic (exact) mass is 443 g/mol. The minimum absolute atomic E-state index is 0.0952. The van der Waals surface area contributed by atoms with Gasteiger partial charge in [-0.2, -0.15) is 0 Å². The van der Waals surface area contributed by atoms with Gasteiger partial charge in [0.05, 0.1) is 5.69 Å². The average molecular weight is 444 g/mol. The summed E-state index contributed by atoms with van der Waals surface area (Å²) in [6, 6.07) is 13.0. The fourth-order valence-corrected chi connectivity index (χ4v) is 3.48. The molecule has 4 N–H and O–H groups in total. The maximum atomic E-state index is 10.9. The summed E-state index contributed by atoms with van der Waals surface area (Å²) in [4.78, 5) is 12.6. The molecular formula is C20H21N5O3S2. The first-order valence-corrected chi connectivity index (χ1v) is 9.77. The van der Waals surface area contributed by atoms with Crippen LogP contribution < -0.4 is 15.0 Å². The Morgan fingerprint density at radius 2 is 2.00 bits per heavy atom. The van der Waals surface area contributed by atoms with Gasteiger partial charge in [-0.15, -0.1) is 0 Å². The Balaban J connectivity index is 1.68. The molecule has 2 aromatic carbocycles. The lowest BCUT2D eigenvalue weighted by molar-refractivity contribution is -0.135. The zero-order chi connectivity index (χ0) is 21.7. The van der Waals surface area contributed by atoms with Gasteiger partial charge in [0.1, 0.15) is 12.3 Å². The lowest BCUT2D eigenvalue weighted by Crippen LogP contribution is -2.25. The minimum atomic E-state index is -0.896. The van der Waals surface area contributed by atoms with E-state index in [1.165, 1.54) is 0 Å². The molecule has 0 aliphatic rings. The number of benzene rings is 2. The van der Waals surface area contributed by atoms with Gasteiger partial charge in [-0.1, -0.05) is 18.7 Å². The third kappa shape index (κ3) is 4.97. The lowest BCUT2D eigenvalue weighted by atomic mass is 10.1. The molecule has 0 aliphatic heterocycles. The van der Waals surface area contributed by atoms with Crippen molar-refractivity contribution >= 4 is 47.9 Å². The first-order valence-electron chi connectivity index (χ1n) is 8.95. The van der Waals surface area contributed by atoms with E-state index in [9.17, 15) is 4.79 Å². The molecule has 30 heavy (non-hydrogen) atoms. The molecule has 0 fully saturated rings. The standard InChI is InChI=1S/C20H21N5O3S2/c1-3-13-9-14(7-8-17(13)24(2)11-18(26)27)21-12-28-16-6-4-5-15(10-16)25-19(29)22-23-20(25)30/h3-10,21H,1,11-12H2,2H3,(H,22,29)(H,23,30)(H,26,27). The van der Waals surface area contributed by atoms with Crippen LogP contribution in [-0.4, -0.2) is 46.2 Å². The number of anilines is 2. The van der Waals surface area contributed by atoms with E-state index in [1.54, 1.807) is 22.6 Å². The fraction of sp³-hybridized carbons (Fsp3) is 0.150. The van der Waals surface area contributed by atoms with Gasteiger partial charge in [0.15, 0.2) is 16.3 Å². The molecule has 0 atom stereocenters. The Bertz CT molecular complexity index is 1150. The quantitative estimate of drug-likeness (QED) is 0.291. The maximum Gasteiger partial charge on any atom is 0.323 e. The third-order valence-electron chi connectivity index (χ3n) is 4.30. The molecule has 0 spiro atoms. The van der Waals surface area contributed by atoms with Gasteiger partial charge in [-0.05, 0) is 60.3 Å². The second-order valence-corrected chi connectivity index (χ2v) is 7.16. The van der Waals surface area contributed by atoms with Crippen LogP contribution in [-0.2, 0) is 4.79 Å². The summed E-state index contributed by atoms with van der Waals surface area (Å²) < 4.78 is 8.45. The number of hydrogen-bond donors (Lipinski definition) is 4. The molecule has 10 heteroatoms. The molecule has 3 rings (SSSR count). The molecule has 1 aromatic heterocycles. The maximum absolute atomic E-state index is 10.9. The summed E-state index contributed by atoms with van der Waals surface area (Å²) in [5, 5.41) is 17.8. The predicted molar refractivity (Wildman–Crippen MR) is 123 cm³/mol. The van der Waals surface area contributed by atoms with Crippen molar-refractivity contribution < 1.29 is 14.6 Å². The highest BCUT2D eigenvalue weighted by Crippen LogP contribution is 2.25. The number of carboxylic acid groups (broad SMARTS) is 1. The van der Waals surface area contributed by atoms with Crippen molar-refractivity contribution in [2.45, 2.75) is 0 Å². The van der Waals surface area contributed by atoms with Gasteiger partial charge in [-0.3, -0.25) is 19.6 Å². The SMILES string of the molecule is C=Cc1cc(NCOc2cccc(-n3c(=S)[nH][nH]c3=S)c2)ccc1N(C)CC(=O)O. The summed E-state index contributed by atoms with van der Waals surface area (Å²) in [7, 11) is 1.72. The number of ether oxygens (including phenoxy) is 1. The van der Waals surface area contributed by atoms with Gasteiger partial charge >= 0.3 is 5.97 Å². The summed E-state index contributed by atoms with van der Waals surface area (Å²) in [5.41, 5.74) is 3.22. The number of nitrogens with zero attached hydrogens (tertiary/aromatic N) is 2. The molecule has 0 saturated carbocycles. The van der Waals surface area contributed by atoms with E-state index in [2.05, 4.69) is 22.1 Å². The van der Waals surface area contributed by atoms with E-state index in [-0.39, 0.29) is 13.3 Å². The molecule has 0 aliphatic carbocycles. The Kier molecular flexibility index (Phi) is 6.70. The minimum Gasteiger partial charge on any atom is -0.480 e. The third-order valence-corrected chi connectivity index (χ3v) is 4.87. The smallest absolute Gasteiger partial charge is 0.323 e. The Hall–Kier alpha value is -3.37.